The van der Waals surface area contributed by atoms with Gasteiger partial charge in [0, 0.05) is 11.3 Å². The molecule has 2 aliphatic rings. The number of amides is 1. The molecule has 0 aliphatic carbocycles. The molecular formula is C23H20N4O4. The van der Waals surface area contributed by atoms with E-state index in [0.717, 1.165) is 5.69 Å². The number of aromatic nitrogens is 2. The first kappa shape index (κ1) is 18.9. The number of para-hydroxylation sites is 2. The van der Waals surface area contributed by atoms with Crippen LogP contribution in [0.4, 0.5) is 5.69 Å². The van der Waals surface area contributed by atoms with Crippen molar-refractivity contribution >= 4 is 17.6 Å². The molecule has 0 bridgehead atoms. The number of hydrogen-bond donors (Lipinski definition) is 2. The van der Waals surface area contributed by atoms with E-state index in [1.54, 1.807) is 30.7 Å². The summed E-state index contributed by atoms with van der Waals surface area (Å²) in [4.78, 5) is 26.7. The summed E-state index contributed by atoms with van der Waals surface area (Å²) in [5.41, 5.74) is 7.67. The molecule has 3 N–H and O–H groups in total. The lowest BCUT2D eigenvalue weighted by atomic mass is 9.68. The molecule has 0 radical (unpaired) electrons. The standard InChI is InChI=1S/C23H20N4O4/c1-3-30-21(28)18-19(24)31-20-17(13(2)26-27(20)14-9-5-4-6-10-14)23(18)15-11-7-8-12-16(15)25-22(23)29/h4-12H,3,24H2,1-2H3,(H,25,29)/t23-/m1/s1. The van der Waals surface area contributed by atoms with E-state index >= 15 is 0 Å². The fraction of sp³-hybridized carbons (Fsp3) is 0.174. The van der Waals surface area contributed by atoms with E-state index in [2.05, 4.69) is 10.4 Å². The maximum atomic E-state index is 13.6. The van der Waals surface area contributed by atoms with Gasteiger partial charge in [0.15, 0.2) is 0 Å². The van der Waals surface area contributed by atoms with Crippen LogP contribution in [0.1, 0.15) is 23.7 Å². The molecule has 1 amide bonds. The molecule has 3 heterocycles. The summed E-state index contributed by atoms with van der Waals surface area (Å²) in [6.45, 7) is 3.60. The molecule has 0 fully saturated rings. The fourth-order valence-corrected chi connectivity index (χ4v) is 4.45. The highest BCUT2D eigenvalue weighted by Crippen LogP contribution is 2.54. The predicted molar refractivity (Wildman–Crippen MR) is 113 cm³/mol. The lowest BCUT2D eigenvalue weighted by molar-refractivity contribution is -0.140. The van der Waals surface area contributed by atoms with Crippen molar-refractivity contribution in [2.45, 2.75) is 19.3 Å². The predicted octanol–water partition coefficient (Wildman–Crippen LogP) is 2.54. The van der Waals surface area contributed by atoms with Crippen LogP contribution in [0.15, 0.2) is 66.1 Å². The van der Waals surface area contributed by atoms with Crippen molar-refractivity contribution < 1.29 is 19.1 Å². The number of rotatable bonds is 3. The molecule has 8 heteroatoms. The quantitative estimate of drug-likeness (QED) is 0.635. The highest BCUT2D eigenvalue weighted by Gasteiger charge is 2.60. The lowest BCUT2D eigenvalue weighted by Gasteiger charge is -2.34. The zero-order valence-electron chi connectivity index (χ0n) is 17.0. The van der Waals surface area contributed by atoms with E-state index in [1.165, 1.54) is 0 Å². The van der Waals surface area contributed by atoms with Crippen LogP contribution in [-0.4, -0.2) is 28.3 Å². The highest BCUT2D eigenvalue weighted by atomic mass is 16.5. The van der Waals surface area contributed by atoms with Gasteiger partial charge in [-0.25, -0.2) is 9.48 Å². The van der Waals surface area contributed by atoms with Crippen LogP contribution in [0, 0.1) is 6.92 Å². The summed E-state index contributed by atoms with van der Waals surface area (Å²) in [5, 5.41) is 7.53. The number of carbonyl (C=O) groups excluding carboxylic acids is 2. The minimum absolute atomic E-state index is 0.0417. The number of nitrogens with one attached hydrogen (secondary N) is 1. The van der Waals surface area contributed by atoms with E-state index in [4.69, 9.17) is 15.2 Å². The summed E-state index contributed by atoms with van der Waals surface area (Å²) in [7, 11) is 0. The Morgan fingerprint density at radius 2 is 1.90 bits per heavy atom. The SMILES string of the molecule is CCOC(=O)C1=C(N)Oc2c(c(C)nn2-c2ccccc2)[C@@]12C(=O)Nc1ccccc12. The van der Waals surface area contributed by atoms with Crippen molar-refractivity contribution in [2.75, 3.05) is 11.9 Å². The summed E-state index contributed by atoms with van der Waals surface area (Å²) >= 11 is 0. The van der Waals surface area contributed by atoms with Crippen molar-refractivity contribution in [3.63, 3.8) is 0 Å². The van der Waals surface area contributed by atoms with Crippen LogP contribution in [-0.2, 0) is 19.7 Å². The Morgan fingerprint density at radius 1 is 1.19 bits per heavy atom. The number of nitrogens with two attached hydrogens (primary N) is 1. The Labute approximate surface area is 178 Å². The van der Waals surface area contributed by atoms with Gasteiger partial charge in [-0.1, -0.05) is 36.4 Å². The van der Waals surface area contributed by atoms with Crippen LogP contribution >= 0.6 is 0 Å². The number of aryl methyl sites for hydroxylation is 1. The second kappa shape index (κ2) is 6.73. The Morgan fingerprint density at radius 3 is 2.65 bits per heavy atom. The van der Waals surface area contributed by atoms with Crippen molar-refractivity contribution in [1.29, 1.82) is 0 Å². The van der Waals surface area contributed by atoms with E-state index < -0.39 is 17.3 Å². The molecule has 3 aromatic rings. The summed E-state index contributed by atoms with van der Waals surface area (Å²) in [6.07, 6.45) is 0. The molecule has 0 unspecified atom stereocenters. The number of carbonyl (C=O) groups is 2. The number of benzene rings is 2. The van der Waals surface area contributed by atoms with Crippen molar-refractivity contribution in [3.05, 3.63) is 82.9 Å². The van der Waals surface area contributed by atoms with Crippen LogP contribution in [0.3, 0.4) is 0 Å². The monoisotopic (exact) mass is 416 g/mol. The molecule has 31 heavy (non-hydrogen) atoms. The Kier molecular flexibility index (Phi) is 4.11. The third-order valence-electron chi connectivity index (χ3n) is 5.62. The minimum atomic E-state index is -1.53. The minimum Gasteiger partial charge on any atom is -0.462 e. The van der Waals surface area contributed by atoms with E-state index in [1.807, 2.05) is 42.5 Å². The number of ether oxygens (including phenoxy) is 2. The Bertz CT molecular complexity index is 1260. The van der Waals surface area contributed by atoms with Crippen LogP contribution in [0.25, 0.3) is 5.69 Å². The van der Waals surface area contributed by atoms with Gasteiger partial charge in [0.05, 0.1) is 23.6 Å². The Balaban J connectivity index is 1.87. The molecule has 2 aromatic carbocycles. The first-order valence-corrected chi connectivity index (χ1v) is 9.91. The molecule has 0 saturated heterocycles. The van der Waals surface area contributed by atoms with Gasteiger partial charge >= 0.3 is 5.97 Å². The number of anilines is 1. The molecule has 1 aromatic heterocycles. The molecule has 5 rings (SSSR count). The molecule has 1 atom stereocenters. The molecule has 2 aliphatic heterocycles. The first-order valence-electron chi connectivity index (χ1n) is 9.91. The summed E-state index contributed by atoms with van der Waals surface area (Å²) in [5.74, 6) is -1.000. The Hall–Kier alpha value is -4.07. The van der Waals surface area contributed by atoms with Crippen molar-refractivity contribution in [3.8, 4) is 11.6 Å². The maximum Gasteiger partial charge on any atom is 0.341 e. The van der Waals surface area contributed by atoms with Gasteiger partial charge in [-0.2, -0.15) is 5.10 Å². The van der Waals surface area contributed by atoms with Crippen molar-refractivity contribution in [1.82, 2.24) is 9.78 Å². The zero-order chi connectivity index (χ0) is 21.8. The van der Waals surface area contributed by atoms with Crippen LogP contribution < -0.4 is 15.8 Å². The van der Waals surface area contributed by atoms with Gasteiger partial charge in [-0.3, -0.25) is 4.79 Å². The summed E-state index contributed by atoms with van der Waals surface area (Å²) in [6, 6.07) is 16.6. The van der Waals surface area contributed by atoms with Gasteiger partial charge in [-0.05, 0) is 32.0 Å². The van der Waals surface area contributed by atoms with Crippen LogP contribution in [0.5, 0.6) is 5.88 Å². The largest absolute Gasteiger partial charge is 0.462 e. The average Bonchev–Trinajstić information content (AvgIpc) is 3.24. The molecule has 1 spiro atoms. The molecular weight excluding hydrogens is 396 g/mol. The third kappa shape index (κ3) is 2.44. The number of nitrogens with zero attached hydrogens (tertiary/aromatic N) is 2. The normalized spacial score (nSPS) is 19.0. The highest BCUT2D eigenvalue weighted by molar-refractivity contribution is 6.17. The van der Waals surface area contributed by atoms with Gasteiger partial charge < -0.3 is 20.5 Å². The van der Waals surface area contributed by atoms with Gasteiger partial charge in [0.25, 0.3) is 0 Å². The van der Waals surface area contributed by atoms with Gasteiger partial charge in [0.2, 0.25) is 17.7 Å². The van der Waals surface area contributed by atoms with Gasteiger partial charge in [-0.15, -0.1) is 0 Å². The average molecular weight is 416 g/mol. The molecule has 156 valence electrons. The molecule has 8 nitrogen and oxygen atoms in total. The number of esters is 1. The number of hydrogen-bond acceptors (Lipinski definition) is 6. The van der Waals surface area contributed by atoms with E-state index in [-0.39, 0.29) is 18.1 Å². The van der Waals surface area contributed by atoms with Gasteiger partial charge in [0.1, 0.15) is 11.0 Å². The van der Waals surface area contributed by atoms with Crippen LogP contribution in [0.2, 0.25) is 0 Å². The fourth-order valence-electron chi connectivity index (χ4n) is 4.45. The smallest absolute Gasteiger partial charge is 0.341 e. The van der Waals surface area contributed by atoms with E-state index in [9.17, 15) is 9.59 Å². The second-order valence-corrected chi connectivity index (χ2v) is 7.32. The second-order valence-electron chi connectivity index (χ2n) is 7.32. The zero-order valence-corrected chi connectivity index (χ0v) is 17.0. The lowest BCUT2D eigenvalue weighted by Crippen LogP contribution is -2.46. The molecule has 0 saturated carbocycles. The van der Waals surface area contributed by atoms with E-state index in [0.29, 0.717) is 28.4 Å². The number of fused-ring (bicyclic) bond motifs is 4. The third-order valence-corrected chi connectivity index (χ3v) is 5.62. The topological polar surface area (TPSA) is 108 Å². The summed E-state index contributed by atoms with van der Waals surface area (Å²) < 4.78 is 12.8. The van der Waals surface area contributed by atoms with Crippen molar-refractivity contribution in [2.24, 2.45) is 5.73 Å². The first-order chi connectivity index (χ1) is 15.0. The maximum absolute atomic E-state index is 13.6.